The molecule has 0 fully saturated rings. The molecule has 3 rings (SSSR count). The van der Waals surface area contributed by atoms with Gasteiger partial charge >= 0.3 is 6.18 Å². The number of halogens is 3. The Morgan fingerprint density at radius 3 is 2.34 bits per heavy atom. The number of hydrogen-bond acceptors (Lipinski definition) is 4. The maximum atomic E-state index is 13.1. The highest BCUT2D eigenvalue weighted by atomic mass is 19.4. The summed E-state index contributed by atoms with van der Waals surface area (Å²) in [7, 11) is 0. The second-order valence-electron chi connectivity index (χ2n) is 6.19. The Morgan fingerprint density at radius 2 is 1.69 bits per heavy atom. The van der Waals surface area contributed by atoms with Crippen molar-refractivity contribution in [2.45, 2.75) is 13.1 Å². The van der Waals surface area contributed by atoms with E-state index in [1.54, 1.807) is 24.3 Å². The maximum Gasteiger partial charge on any atom is 0.418 e. The highest BCUT2D eigenvalue weighted by molar-refractivity contribution is 6.04. The molecule has 5 nitrogen and oxygen atoms in total. The molecule has 0 unspecified atom stereocenters. The molecule has 3 aromatic rings. The number of rotatable bonds is 5. The summed E-state index contributed by atoms with van der Waals surface area (Å²) in [6.45, 7) is 1.42. The average Bonchev–Trinajstić information content (AvgIpc) is 2.68. The van der Waals surface area contributed by atoms with Gasteiger partial charge in [0.05, 0.1) is 23.1 Å². The van der Waals surface area contributed by atoms with Crippen LogP contribution < -0.4 is 10.6 Å². The van der Waals surface area contributed by atoms with Gasteiger partial charge in [0.15, 0.2) is 5.78 Å². The third-order valence-corrected chi connectivity index (χ3v) is 4.03. The Balaban J connectivity index is 1.73. The zero-order valence-corrected chi connectivity index (χ0v) is 15.2. The van der Waals surface area contributed by atoms with E-state index in [2.05, 4.69) is 15.6 Å². The first-order valence-corrected chi connectivity index (χ1v) is 8.56. The molecule has 2 N–H and O–H groups in total. The first kappa shape index (κ1) is 20.1. The smallest absolute Gasteiger partial charge is 0.354 e. The van der Waals surface area contributed by atoms with Crippen molar-refractivity contribution in [3.8, 4) is 0 Å². The van der Waals surface area contributed by atoms with Gasteiger partial charge in [-0.2, -0.15) is 13.2 Å². The molecule has 1 aromatic heterocycles. The van der Waals surface area contributed by atoms with E-state index in [-0.39, 0.29) is 17.2 Å². The second kappa shape index (κ2) is 8.14. The molecule has 0 spiro atoms. The Kier molecular flexibility index (Phi) is 5.63. The maximum absolute atomic E-state index is 13.1. The molecule has 0 saturated carbocycles. The third-order valence-electron chi connectivity index (χ3n) is 4.03. The van der Waals surface area contributed by atoms with Crippen LogP contribution in [0.4, 0.5) is 30.2 Å². The van der Waals surface area contributed by atoms with Gasteiger partial charge in [-0.1, -0.05) is 24.3 Å². The first-order chi connectivity index (χ1) is 13.7. The van der Waals surface area contributed by atoms with Crippen LogP contribution in [0.1, 0.15) is 33.3 Å². The van der Waals surface area contributed by atoms with Gasteiger partial charge in [-0.05, 0) is 43.3 Å². The molecule has 0 atom stereocenters. The first-order valence-electron chi connectivity index (χ1n) is 8.56. The van der Waals surface area contributed by atoms with Gasteiger partial charge < -0.3 is 10.6 Å². The van der Waals surface area contributed by atoms with Crippen LogP contribution >= 0.6 is 0 Å². The molecular formula is C21H16F3N3O2. The zero-order valence-electron chi connectivity index (χ0n) is 15.2. The molecule has 0 radical (unpaired) electrons. The van der Waals surface area contributed by atoms with Crippen molar-refractivity contribution in [2.24, 2.45) is 0 Å². The Morgan fingerprint density at radius 1 is 0.931 bits per heavy atom. The predicted molar refractivity (Wildman–Crippen MR) is 103 cm³/mol. The molecule has 0 aliphatic heterocycles. The number of Topliss-reactive ketones (excluding diaryl/α,β-unsaturated/α-hetero) is 1. The number of para-hydroxylation sites is 1. The molecule has 1 heterocycles. The normalized spacial score (nSPS) is 11.0. The summed E-state index contributed by atoms with van der Waals surface area (Å²) in [5.41, 5.74) is 0.362. The number of pyridine rings is 1. The quantitative estimate of drug-likeness (QED) is 0.571. The van der Waals surface area contributed by atoms with Crippen molar-refractivity contribution < 1.29 is 22.8 Å². The fourth-order valence-corrected chi connectivity index (χ4v) is 2.61. The largest absolute Gasteiger partial charge is 0.418 e. The van der Waals surface area contributed by atoms with Crippen LogP contribution in [0.5, 0.6) is 0 Å². The molecule has 29 heavy (non-hydrogen) atoms. The minimum absolute atomic E-state index is 0.0767. The lowest BCUT2D eigenvalue weighted by molar-refractivity contribution is -0.136. The fourth-order valence-electron chi connectivity index (χ4n) is 2.61. The standard InChI is InChI=1S/C21H16F3N3O2/c1-13(28)14-5-4-6-15(11-14)27-20(29)19-10-9-16(12-25-19)26-18-8-3-2-7-17(18)21(22,23)24/h2-12,26H,1H3,(H,27,29). The number of anilines is 3. The molecule has 0 bridgehead atoms. The van der Waals surface area contributed by atoms with Crippen LogP contribution in [0, 0.1) is 0 Å². The number of aromatic nitrogens is 1. The van der Waals surface area contributed by atoms with Crippen molar-refractivity contribution in [3.63, 3.8) is 0 Å². The lowest BCUT2D eigenvalue weighted by atomic mass is 10.1. The van der Waals surface area contributed by atoms with Crippen LogP contribution in [-0.4, -0.2) is 16.7 Å². The van der Waals surface area contributed by atoms with E-state index in [1.807, 2.05) is 0 Å². The highest BCUT2D eigenvalue weighted by Gasteiger charge is 2.33. The number of nitrogens with zero attached hydrogens (tertiary/aromatic N) is 1. The summed E-state index contributed by atoms with van der Waals surface area (Å²) in [5, 5.41) is 5.29. The van der Waals surface area contributed by atoms with E-state index in [9.17, 15) is 22.8 Å². The van der Waals surface area contributed by atoms with Crippen LogP contribution in [0.25, 0.3) is 0 Å². The van der Waals surface area contributed by atoms with Crippen LogP contribution in [0.2, 0.25) is 0 Å². The van der Waals surface area contributed by atoms with Gasteiger partial charge in [-0.25, -0.2) is 4.98 Å². The van der Waals surface area contributed by atoms with Crippen molar-refractivity contribution in [2.75, 3.05) is 10.6 Å². The Hall–Kier alpha value is -3.68. The average molecular weight is 399 g/mol. The van der Waals surface area contributed by atoms with E-state index in [0.29, 0.717) is 16.9 Å². The van der Waals surface area contributed by atoms with E-state index in [0.717, 1.165) is 6.07 Å². The predicted octanol–water partition coefficient (Wildman–Crippen LogP) is 5.30. The van der Waals surface area contributed by atoms with Gasteiger partial charge in [0.2, 0.25) is 0 Å². The molecule has 0 aliphatic carbocycles. The van der Waals surface area contributed by atoms with Crippen LogP contribution in [0.15, 0.2) is 66.9 Å². The number of carbonyl (C=O) groups is 2. The number of alkyl halides is 3. The molecule has 0 saturated heterocycles. The number of amides is 1. The van der Waals surface area contributed by atoms with Gasteiger partial charge in [0.25, 0.3) is 5.91 Å². The summed E-state index contributed by atoms with van der Waals surface area (Å²) >= 11 is 0. The Labute approximate surface area is 164 Å². The molecule has 148 valence electrons. The van der Waals surface area contributed by atoms with Gasteiger partial charge in [-0.3, -0.25) is 9.59 Å². The highest BCUT2D eigenvalue weighted by Crippen LogP contribution is 2.35. The van der Waals surface area contributed by atoms with E-state index >= 15 is 0 Å². The summed E-state index contributed by atoms with van der Waals surface area (Å²) in [5.74, 6) is -0.637. The number of carbonyl (C=O) groups excluding carboxylic acids is 2. The lowest BCUT2D eigenvalue weighted by Crippen LogP contribution is -2.14. The van der Waals surface area contributed by atoms with Crippen molar-refractivity contribution in [1.82, 2.24) is 4.98 Å². The minimum atomic E-state index is -4.49. The number of nitrogens with one attached hydrogen (secondary N) is 2. The van der Waals surface area contributed by atoms with E-state index < -0.39 is 17.6 Å². The van der Waals surface area contributed by atoms with Crippen LogP contribution in [-0.2, 0) is 6.18 Å². The SMILES string of the molecule is CC(=O)c1cccc(NC(=O)c2ccc(Nc3ccccc3C(F)(F)F)cn2)c1. The molecule has 2 aromatic carbocycles. The second-order valence-corrected chi connectivity index (χ2v) is 6.19. The summed E-state index contributed by atoms with van der Waals surface area (Å²) in [6.07, 6.45) is -3.22. The number of ketones is 1. The number of benzene rings is 2. The fraction of sp³-hybridized carbons (Fsp3) is 0.0952. The summed E-state index contributed by atoms with van der Waals surface area (Å²) in [4.78, 5) is 27.7. The van der Waals surface area contributed by atoms with Gasteiger partial charge in [0.1, 0.15) is 5.69 Å². The summed E-state index contributed by atoms with van der Waals surface area (Å²) < 4.78 is 39.2. The molecular weight excluding hydrogens is 383 g/mol. The van der Waals surface area contributed by atoms with E-state index in [1.165, 1.54) is 43.5 Å². The summed E-state index contributed by atoms with van der Waals surface area (Å²) in [6, 6.07) is 14.4. The van der Waals surface area contributed by atoms with E-state index in [4.69, 9.17) is 0 Å². The van der Waals surface area contributed by atoms with Gasteiger partial charge in [-0.15, -0.1) is 0 Å². The third kappa shape index (κ3) is 4.98. The monoisotopic (exact) mass is 399 g/mol. The molecule has 1 amide bonds. The van der Waals surface area contributed by atoms with Crippen molar-refractivity contribution >= 4 is 28.8 Å². The van der Waals surface area contributed by atoms with Gasteiger partial charge in [0, 0.05) is 11.3 Å². The lowest BCUT2D eigenvalue weighted by Gasteiger charge is -2.14. The van der Waals surface area contributed by atoms with Crippen molar-refractivity contribution in [1.29, 1.82) is 0 Å². The molecule has 0 aliphatic rings. The van der Waals surface area contributed by atoms with Crippen molar-refractivity contribution in [3.05, 3.63) is 83.7 Å². The zero-order chi connectivity index (χ0) is 21.0. The number of hydrogen-bond donors (Lipinski definition) is 2. The Bertz CT molecular complexity index is 1050. The minimum Gasteiger partial charge on any atom is -0.354 e. The topological polar surface area (TPSA) is 71.1 Å². The molecule has 8 heteroatoms. The van der Waals surface area contributed by atoms with Crippen LogP contribution in [0.3, 0.4) is 0 Å².